The summed E-state index contributed by atoms with van der Waals surface area (Å²) in [6, 6.07) is 17.0. The van der Waals surface area contributed by atoms with Crippen LogP contribution >= 0.6 is 0 Å². The number of para-hydroxylation sites is 1. The van der Waals surface area contributed by atoms with Gasteiger partial charge < -0.3 is 9.64 Å². The summed E-state index contributed by atoms with van der Waals surface area (Å²) in [7, 11) is 1.66. The summed E-state index contributed by atoms with van der Waals surface area (Å²) in [6.07, 6.45) is 2.60. The Bertz CT molecular complexity index is 789. The van der Waals surface area contributed by atoms with Crippen molar-refractivity contribution in [3.63, 3.8) is 0 Å². The van der Waals surface area contributed by atoms with Crippen molar-refractivity contribution in [2.75, 3.05) is 26.7 Å². The Balaban J connectivity index is 1.37. The lowest BCUT2D eigenvalue weighted by Gasteiger charge is -2.33. The van der Waals surface area contributed by atoms with Crippen molar-refractivity contribution >= 4 is 5.91 Å². The molecule has 0 bridgehead atoms. The number of hydrogen-bond donors (Lipinski definition) is 0. The van der Waals surface area contributed by atoms with Gasteiger partial charge in [0.1, 0.15) is 5.75 Å². The average molecular weight is 350 g/mol. The fraction of sp³-hybridized carbons (Fsp3) is 0.409. The van der Waals surface area contributed by atoms with E-state index in [1.807, 2.05) is 29.2 Å². The van der Waals surface area contributed by atoms with Gasteiger partial charge in [0.15, 0.2) is 0 Å². The van der Waals surface area contributed by atoms with Crippen LogP contribution in [0.25, 0.3) is 0 Å². The van der Waals surface area contributed by atoms with E-state index in [9.17, 15) is 4.79 Å². The molecule has 26 heavy (non-hydrogen) atoms. The van der Waals surface area contributed by atoms with E-state index in [0.717, 1.165) is 50.3 Å². The molecule has 1 unspecified atom stereocenters. The highest BCUT2D eigenvalue weighted by molar-refractivity contribution is 5.79. The maximum absolute atomic E-state index is 12.8. The Morgan fingerprint density at radius 3 is 2.69 bits per heavy atom. The number of amides is 1. The molecule has 4 nitrogen and oxygen atoms in total. The second kappa shape index (κ2) is 7.50. The minimum Gasteiger partial charge on any atom is -0.496 e. The highest BCUT2D eigenvalue weighted by atomic mass is 16.5. The summed E-state index contributed by atoms with van der Waals surface area (Å²) < 4.78 is 5.38. The van der Waals surface area contributed by atoms with Crippen LogP contribution in [0, 0.1) is 0 Å². The molecule has 0 spiro atoms. The Hall–Kier alpha value is -2.33. The van der Waals surface area contributed by atoms with Gasteiger partial charge in [0.25, 0.3) is 0 Å². The van der Waals surface area contributed by atoms with Crippen LogP contribution in [0.15, 0.2) is 48.5 Å². The van der Waals surface area contributed by atoms with Crippen molar-refractivity contribution in [2.45, 2.75) is 31.8 Å². The predicted octanol–water partition coefficient (Wildman–Crippen LogP) is 2.90. The van der Waals surface area contributed by atoms with Crippen LogP contribution in [0.3, 0.4) is 0 Å². The first kappa shape index (κ1) is 17.1. The molecular formula is C22H26N2O2. The SMILES string of the molecule is COc1ccccc1CC(=O)N1CCC(N2CCc3ccccc3C2)C1. The zero-order chi connectivity index (χ0) is 17.9. The van der Waals surface area contributed by atoms with Gasteiger partial charge in [-0.25, -0.2) is 0 Å². The molecule has 4 heteroatoms. The Kier molecular flexibility index (Phi) is 4.93. The number of carbonyl (C=O) groups is 1. The van der Waals surface area contributed by atoms with Crippen molar-refractivity contribution in [1.29, 1.82) is 0 Å². The molecule has 1 saturated heterocycles. The molecule has 2 heterocycles. The van der Waals surface area contributed by atoms with Gasteiger partial charge in [0.2, 0.25) is 5.91 Å². The minimum atomic E-state index is 0.203. The summed E-state index contributed by atoms with van der Waals surface area (Å²) in [5, 5.41) is 0. The minimum absolute atomic E-state index is 0.203. The summed E-state index contributed by atoms with van der Waals surface area (Å²) in [6.45, 7) is 3.80. The molecule has 1 amide bonds. The fourth-order valence-corrected chi connectivity index (χ4v) is 4.22. The zero-order valence-corrected chi connectivity index (χ0v) is 15.4. The maximum Gasteiger partial charge on any atom is 0.227 e. The van der Waals surface area contributed by atoms with Gasteiger partial charge in [-0.15, -0.1) is 0 Å². The molecule has 2 aromatic rings. The summed E-state index contributed by atoms with van der Waals surface area (Å²) in [4.78, 5) is 17.3. The van der Waals surface area contributed by atoms with Crippen molar-refractivity contribution < 1.29 is 9.53 Å². The van der Waals surface area contributed by atoms with Gasteiger partial charge >= 0.3 is 0 Å². The number of rotatable bonds is 4. The molecule has 2 aromatic carbocycles. The number of likely N-dealkylation sites (tertiary alicyclic amines) is 1. The molecule has 2 aliphatic heterocycles. The molecule has 1 fully saturated rings. The highest BCUT2D eigenvalue weighted by Crippen LogP contribution is 2.25. The molecule has 136 valence electrons. The van der Waals surface area contributed by atoms with E-state index in [4.69, 9.17) is 4.74 Å². The molecule has 1 atom stereocenters. The Labute approximate surface area is 155 Å². The van der Waals surface area contributed by atoms with E-state index in [-0.39, 0.29) is 5.91 Å². The van der Waals surface area contributed by atoms with Gasteiger partial charge in [-0.3, -0.25) is 9.69 Å². The molecule has 0 N–H and O–H groups in total. The molecule has 4 rings (SSSR count). The third kappa shape index (κ3) is 3.47. The number of nitrogens with zero attached hydrogens (tertiary/aromatic N) is 2. The number of ether oxygens (including phenoxy) is 1. The van der Waals surface area contributed by atoms with E-state index < -0.39 is 0 Å². The van der Waals surface area contributed by atoms with E-state index in [1.54, 1.807) is 7.11 Å². The number of benzene rings is 2. The van der Waals surface area contributed by atoms with Gasteiger partial charge in [0.05, 0.1) is 13.5 Å². The smallest absolute Gasteiger partial charge is 0.227 e. The van der Waals surface area contributed by atoms with Crippen molar-refractivity contribution in [2.24, 2.45) is 0 Å². The molecule has 2 aliphatic rings. The first-order valence-corrected chi connectivity index (χ1v) is 9.45. The molecule has 0 radical (unpaired) electrons. The second-order valence-electron chi connectivity index (χ2n) is 7.26. The monoisotopic (exact) mass is 350 g/mol. The van der Waals surface area contributed by atoms with Crippen LogP contribution in [0.5, 0.6) is 5.75 Å². The van der Waals surface area contributed by atoms with Gasteiger partial charge in [-0.1, -0.05) is 42.5 Å². The van der Waals surface area contributed by atoms with Gasteiger partial charge in [-0.05, 0) is 30.0 Å². The van der Waals surface area contributed by atoms with Crippen LogP contribution in [-0.2, 0) is 24.2 Å². The second-order valence-corrected chi connectivity index (χ2v) is 7.26. The lowest BCUT2D eigenvalue weighted by atomic mass is 9.98. The van der Waals surface area contributed by atoms with Crippen LogP contribution in [0.1, 0.15) is 23.1 Å². The third-order valence-electron chi connectivity index (χ3n) is 5.73. The van der Waals surface area contributed by atoms with E-state index in [0.29, 0.717) is 12.5 Å². The first-order valence-electron chi connectivity index (χ1n) is 9.45. The van der Waals surface area contributed by atoms with E-state index in [2.05, 4.69) is 29.2 Å². The number of carbonyl (C=O) groups excluding carboxylic acids is 1. The van der Waals surface area contributed by atoms with Crippen LogP contribution in [0.2, 0.25) is 0 Å². The standard InChI is InChI=1S/C22H26N2O2/c1-26-21-9-5-4-7-18(21)14-22(25)24-13-11-20(16-24)23-12-10-17-6-2-3-8-19(17)15-23/h2-9,20H,10-16H2,1H3. The van der Waals surface area contributed by atoms with Crippen molar-refractivity contribution in [1.82, 2.24) is 9.80 Å². The predicted molar refractivity (Wildman–Crippen MR) is 102 cm³/mol. The summed E-state index contributed by atoms with van der Waals surface area (Å²) in [5.41, 5.74) is 3.89. The largest absolute Gasteiger partial charge is 0.496 e. The van der Waals surface area contributed by atoms with E-state index >= 15 is 0 Å². The number of fused-ring (bicyclic) bond motifs is 1. The zero-order valence-electron chi connectivity index (χ0n) is 15.4. The van der Waals surface area contributed by atoms with Crippen molar-refractivity contribution in [3.05, 3.63) is 65.2 Å². The molecular weight excluding hydrogens is 324 g/mol. The number of methoxy groups -OCH3 is 1. The highest BCUT2D eigenvalue weighted by Gasteiger charge is 2.32. The molecule has 0 aromatic heterocycles. The van der Waals surface area contributed by atoms with Crippen LogP contribution < -0.4 is 4.74 Å². The molecule has 0 saturated carbocycles. The topological polar surface area (TPSA) is 32.8 Å². The average Bonchev–Trinajstić information content (AvgIpc) is 3.18. The van der Waals surface area contributed by atoms with E-state index in [1.165, 1.54) is 11.1 Å². The van der Waals surface area contributed by atoms with Crippen molar-refractivity contribution in [3.8, 4) is 5.75 Å². The first-order chi connectivity index (χ1) is 12.7. The summed E-state index contributed by atoms with van der Waals surface area (Å²) in [5.74, 6) is 0.999. The third-order valence-corrected chi connectivity index (χ3v) is 5.73. The van der Waals surface area contributed by atoms with Gasteiger partial charge in [-0.2, -0.15) is 0 Å². The maximum atomic E-state index is 12.8. The Morgan fingerprint density at radius 2 is 1.85 bits per heavy atom. The fourth-order valence-electron chi connectivity index (χ4n) is 4.22. The molecule has 0 aliphatic carbocycles. The van der Waals surface area contributed by atoms with Crippen LogP contribution in [-0.4, -0.2) is 48.5 Å². The number of hydrogen-bond acceptors (Lipinski definition) is 3. The normalized spacial score (nSPS) is 20.0. The lowest BCUT2D eigenvalue weighted by molar-refractivity contribution is -0.129. The van der Waals surface area contributed by atoms with Crippen LogP contribution in [0.4, 0.5) is 0 Å². The Morgan fingerprint density at radius 1 is 1.08 bits per heavy atom. The summed E-state index contributed by atoms with van der Waals surface area (Å²) >= 11 is 0. The lowest BCUT2D eigenvalue weighted by Crippen LogP contribution is -2.41. The van der Waals surface area contributed by atoms with Gasteiger partial charge in [0, 0.05) is 37.8 Å². The quantitative estimate of drug-likeness (QED) is 0.850.